The number of fused-ring (bicyclic) bond motifs is 2. The average Bonchev–Trinajstić information content (AvgIpc) is 2.97. The van der Waals surface area contributed by atoms with Gasteiger partial charge in [0.2, 0.25) is 0 Å². The van der Waals surface area contributed by atoms with Crippen molar-refractivity contribution in [1.29, 1.82) is 0 Å². The van der Waals surface area contributed by atoms with Crippen LogP contribution in [0.2, 0.25) is 0 Å². The number of imidazole rings is 2. The molecule has 0 unspecified atom stereocenters. The third-order valence-electron chi connectivity index (χ3n) is 3.37. The van der Waals surface area contributed by atoms with E-state index in [1.165, 1.54) is 5.56 Å². The average molecular weight is 263 g/mol. The van der Waals surface area contributed by atoms with E-state index >= 15 is 0 Å². The van der Waals surface area contributed by atoms with Gasteiger partial charge in [-0.1, -0.05) is 29.8 Å². The van der Waals surface area contributed by atoms with Gasteiger partial charge in [0.25, 0.3) is 0 Å². The maximum Gasteiger partial charge on any atom is 0.180 e. The van der Waals surface area contributed by atoms with Crippen molar-refractivity contribution in [3.05, 3.63) is 41.7 Å². The zero-order chi connectivity index (χ0) is 13.7. The molecule has 0 radical (unpaired) electrons. The Balaban J connectivity index is 1.91. The number of pyridine rings is 1. The van der Waals surface area contributed by atoms with Crippen LogP contribution in [-0.2, 0) is 0 Å². The first kappa shape index (κ1) is 11.2. The highest BCUT2D eigenvalue weighted by Gasteiger charge is 2.09. The molecule has 3 aromatic heterocycles. The van der Waals surface area contributed by atoms with E-state index in [1.807, 2.05) is 13.0 Å². The van der Waals surface area contributed by atoms with Gasteiger partial charge in [-0.3, -0.25) is 0 Å². The van der Waals surface area contributed by atoms with E-state index < -0.39 is 0 Å². The Bertz CT molecular complexity index is 864. The second kappa shape index (κ2) is 3.90. The number of aromatic nitrogens is 5. The summed E-state index contributed by atoms with van der Waals surface area (Å²) in [5, 5.41) is 0. The van der Waals surface area contributed by atoms with Crippen molar-refractivity contribution in [3.63, 3.8) is 0 Å². The Morgan fingerprint density at radius 2 is 1.50 bits per heavy atom. The molecule has 0 saturated carbocycles. The summed E-state index contributed by atoms with van der Waals surface area (Å²) in [6, 6.07) is 10.3. The second-order valence-electron chi connectivity index (χ2n) is 5.00. The first-order chi connectivity index (χ1) is 9.69. The lowest BCUT2D eigenvalue weighted by atomic mass is 10.1. The first-order valence-corrected chi connectivity index (χ1v) is 6.49. The lowest BCUT2D eigenvalue weighted by Crippen LogP contribution is -1.81. The van der Waals surface area contributed by atoms with Crippen molar-refractivity contribution in [2.45, 2.75) is 13.8 Å². The van der Waals surface area contributed by atoms with Gasteiger partial charge in [0.05, 0.1) is 11.0 Å². The number of benzene rings is 1. The first-order valence-electron chi connectivity index (χ1n) is 6.49. The molecule has 3 heterocycles. The molecule has 5 heteroatoms. The normalized spacial score (nSPS) is 11.5. The zero-order valence-corrected chi connectivity index (χ0v) is 11.2. The Morgan fingerprint density at radius 3 is 2.30 bits per heavy atom. The largest absolute Gasteiger partial charge is 0.341 e. The van der Waals surface area contributed by atoms with Crippen LogP contribution in [0.3, 0.4) is 0 Å². The second-order valence-corrected chi connectivity index (χ2v) is 5.00. The monoisotopic (exact) mass is 263 g/mol. The van der Waals surface area contributed by atoms with Crippen molar-refractivity contribution in [1.82, 2.24) is 24.9 Å². The molecule has 0 aliphatic carbocycles. The molecule has 0 amide bonds. The topological polar surface area (TPSA) is 70.2 Å². The van der Waals surface area contributed by atoms with E-state index in [2.05, 4.69) is 56.1 Å². The number of nitrogens with one attached hydrogen (secondary N) is 2. The van der Waals surface area contributed by atoms with Crippen LogP contribution < -0.4 is 0 Å². The minimum Gasteiger partial charge on any atom is -0.341 e. The lowest BCUT2D eigenvalue weighted by molar-refractivity contribution is 1.16. The highest BCUT2D eigenvalue weighted by molar-refractivity contribution is 5.87. The molecule has 20 heavy (non-hydrogen) atoms. The third kappa shape index (κ3) is 1.67. The van der Waals surface area contributed by atoms with Crippen LogP contribution in [0.15, 0.2) is 30.3 Å². The molecule has 0 spiro atoms. The molecule has 0 aliphatic heterocycles. The number of nitrogens with zero attached hydrogens (tertiary/aromatic N) is 3. The van der Waals surface area contributed by atoms with E-state index in [4.69, 9.17) is 0 Å². The minimum absolute atomic E-state index is 0.694. The summed E-state index contributed by atoms with van der Waals surface area (Å²) in [5.41, 5.74) is 5.53. The van der Waals surface area contributed by atoms with Gasteiger partial charge in [-0.15, -0.1) is 0 Å². The maximum atomic E-state index is 4.55. The number of H-pyrrole nitrogens is 2. The standard InChI is InChI=1S/C15H13N5/c1-8-3-5-10(6-4-8)13-18-12-7-11-14(17-9(2)16-11)20-15(12)19-13/h3-7H,1-2H3,(H2,16,17,18,19,20). The van der Waals surface area contributed by atoms with Crippen LogP contribution in [0, 0.1) is 13.8 Å². The van der Waals surface area contributed by atoms with Gasteiger partial charge in [-0.05, 0) is 19.9 Å². The molecule has 0 fully saturated rings. The molecule has 5 nitrogen and oxygen atoms in total. The summed E-state index contributed by atoms with van der Waals surface area (Å²) in [6.07, 6.45) is 0. The molecular weight excluding hydrogens is 250 g/mol. The highest BCUT2D eigenvalue weighted by Crippen LogP contribution is 2.22. The molecule has 0 bridgehead atoms. The van der Waals surface area contributed by atoms with Crippen LogP contribution in [0.5, 0.6) is 0 Å². The van der Waals surface area contributed by atoms with E-state index in [9.17, 15) is 0 Å². The molecule has 98 valence electrons. The van der Waals surface area contributed by atoms with Crippen LogP contribution in [0.1, 0.15) is 11.4 Å². The zero-order valence-electron chi connectivity index (χ0n) is 11.2. The van der Waals surface area contributed by atoms with Crippen molar-refractivity contribution in [3.8, 4) is 11.4 Å². The van der Waals surface area contributed by atoms with Crippen molar-refractivity contribution < 1.29 is 0 Å². The number of aryl methyl sites for hydroxylation is 2. The predicted octanol–water partition coefficient (Wildman–Crippen LogP) is 3.12. The van der Waals surface area contributed by atoms with Gasteiger partial charge >= 0.3 is 0 Å². The number of aromatic amines is 2. The predicted molar refractivity (Wildman–Crippen MR) is 78.5 cm³/mol. The van der Waals surface area contributed by atoms with Gasteiger partial charge in [0.1, 0.15) is 11.6 Å². The van der Waals surface area contributed by atoms with Gasteiger partial charge in [-0.25, -0.2) is 15.0 Å². The SMILES string of the molecule is Cc1ccc(-c2nc3nc4nc(C)[nH]c4cc3[nH]2)cc1. The molecule has 4 aromatic rings. The summed E-state index contributed by atoms with van der Waals surface area (Å²) < 4.78 is 0. The van der Waals surface area contributed by atoms with Gasteiger partial charge < -0.3 is 9.97 Å². The van der Waals surface area contributed by atoms with E-state index in [-0.39, 0.29) is 0 Å². The Hall–Kier alpha value is -2.69. The van der Waals surface area contributed by atoms with Crippen molar-refractivity contribution >= 4 is 22.3 Å². The quantitative estimate of drug-likeness (QED) is 0.554. The molecule has 4 rings (SSSR count). The van der Waals surface area contributed by atoms with Crippen molar-refractivity contribution in [2.24, 2.45) is 0 Å². The molecular formula is C15H13N5. The highest BCUT2D eigenvalue weighted by atomic mass is 15.0. The van der Waals surface area contributed by atoms with Crippen molar-refractivity contribution in [2.75, 3.05) is 0 Å². The Labute approximate surface area is 115 Å². The molecule has 0 atom stereocenters. The van der Waals surface area contributed by atoms with Crippen LogP contribution in [-0.4, -0.2) is 24.9 Å². The number of hydrogen-bond donors (Lipinski definition) is 2. The fraction of sp³-hybridized carbons (Fsp3) is 0.133. The van der Waals surface area contributed by atoms with E-state index in [0.717, 1.165) is 28.2 Å². The minimum atomic E-state index is 0.694. The summed E-state index contributed by atoms with van der Waals surface area (Å²) in [5.74, 6) is 1.69. The van der Waals surface area contributed by atoms with E-state index in [1.54, 1.807) is 0 Å². The summed E-state index contributed by atoms with van der Waals surface area (Å²) in [7, 11) is 0. The Kier molecular flexibility index (Phi) is 2.18. The third-order valence-corrected chi connectivity index (χ3v) is 3.37. The molecule has 0 aliphatic rings. The van der Waals surface area contributed by atoms with Gasteiger partial charge in [0.15, 0.2) is 11.3 Å². The van der Waals surface area contributed by atoms with Crippen LogP contribution in [0.25, 0.3) is 33.7 Å². The number of rotatable bonds is 1. The van der Waals surface area contributed by atoms with Crippen LogP contribution in [0.4, 0.5) is 0 Å². The molecule has 1 aromatic carbocycles. The summed E-state index contributed by atoms with van der Waals surface area (Å²) in [6.45, 7) is 3.99. The molecule has 2 N–H and O–H groups in total. The Morgan fingerprint density at radius 1 is 0.800 bits per heavy atom. The van der Waals surface area contributed by atoms with Crippen LogP contribution >= 0.6 is 0 Å². The summed E-state index contributed by atoms with van der Waals surface area (Å²) >= 11 is 0. The number of hydrogen-bond acceptors (Lipinski definition) is 3. The van der Waals surface area contributed by atoms with Gasteiger partial charge in [-0.2, -0.15) is 0 Å². The fourth-order valence-corrected chi connectivity index (χ4v) is 2.34. The fourth-order valence-electron chi connectivity index (χ4n) is 2.34. The smallest absolute Gasteiger partial charge is 0.180 e. The maximum absolute atomic E-state index is 4.55. The molecule has 0 saturated heterocycles. The lowest BCUT2D eigenvalue weighted by Gasteiger charge is -1.96. The van der Waals surface area contributed by atoms with Gasteiger partial charge in [0, 0.05) is 5.56 Å². The van der Waals surface area contributed by atoms with E-state index in [0.29, 0.717) is 11.3 Å². The summed E-state index contributed by atoms with van der Waals surface area (Å²) in [4.78, 5) is 19.9.